The number of aryl methyl sites for hydroxylation is 1. The highest BCUT2D eigenvalue weighted by Gasteiger charge is 2.03. The van der Waals surface area contributed by atoms with Crippen LogP contribution < -0.4 is 5.43 Å². The third kappa shape index (κ3) is 4.88. The van der Waals surface area contributed by atoms with Crippen LogP contribution in [0.3, 0.4) is 0 Å². The molecule has 0 saturated heterocycles. The first-order valence-corrected chi connectivity index (χ1v) is 7.22. The number of halogens is 2. The van der Waals surface area contributed by atoms with Gasteiger partial charge in [-0.3, -0.25) is 4.79 Å². The molecular formula is C16H14Cl2N2O. The first-order valence-electron chi connectivity index (χ1n) is 6.46. The summed E-state index contributed by atoms with van der Waals surface area (Å²) in [6.45, 7) is 0. The molecule has 1 amide bonds. The van der Waals surface area contributed by atoms with Crippen LogP contribution in [0.5, 0.6) is 0 Å². The summed E-state index contributed by atoms with van der Waals surface area (Å²) in [5.41, 5.74) is 4.26. The molecule has 0 fully saturated rings. The Kier molecular flexibility index (Phi) is 5.78. The fourth-order valence-electron chi connectivity index (χ4n) is 1.75. The molecule has 3 nitrogen and oxygen atoms in total. The van der Waals surface area contributed by atoms with E-state index in [9.17, 15) is 4.79 Å². The van der Waals surface area contributed by atoms with Gasteiger partial charge in [0.2, 0.25) is 5.91 Å². The number of carbonyl (C=O) groups excluding carboxylic acids is 1. The van der Waals surface area contributed by atoms with Crippen LogP contribution in [0.25, 0.3) is 0 Å². The maximum atomic E-state index is 11.7. The van der Waals surface area contributed by atoms with E-state index in [1.807, 2.05) is 30.3 Å². The molecule has 0 heterocycles. The van der Waals surface area contributed by atoms with Crippen molar-refractivity contribution in [2.75, 3.05) is 0 Å². The number of amides is 1. The third-order valence-corrected chi connectivity index (χ3v) is 3.69. The summed E-state index contributed by atoms with van der Waals surface area (Å²) in [5.74, 6) is -0.145. The van der Waals surface area contributed by atoms with Crippen LogP contribution in [0, 0.1) is 0 Å². The van der Waals surface area contributed by atoms with E-state index in [2.05, 4.69) is 10.5 Å². The molecule has 21 heavy (non-hydrogen) atoms. The van der Waals surface area contributed by atoms with Crippen molar-refractivity contribution in [2.24, 2.45) is 5.10 Å². The molecule has 0 aliphatic carbocycles. The van der Waals surface area contributed by atoms with E-state index in [0.717, 1.165) is 5.56 Å². The topological polar surface area (TPSA) is 41.5 Å². The highest BCUT2D eigenvalue weighted by atomic mass is 35.5. The Labute approximate surface area is 133 Å². The molecule has 1 N–H and O–H groups in total. The van der Waals surface area contributed by atoms with Crippen LogP contribution in [-0.4, -0.2) is 12.1 Å². The van der Waals surface area contributed by atoms with Gasteiger partial charge in [-0.15, -0.1) is 0 Å². The number of nitrogens with one attached hydrogen (secondary N) is 1. The van der Waals surface area contributed by atoms with E-state index in [1.165, 1.54) is 6.21 Å². The summed E-state index contributed by atoms with van der Waals surface area (Å²) in [6, 6.07) is 15.1. The molecule has 0 saturated carbocycles. The number of hydrazone groups is 1. The average Bonchev–Trinajstić information content (AvgIpc) is 2.50. The van der Waals surface area contributed by atoms with E-state index in [1.54, 1.807) is 18.2 Å². The summed E-state index contributed by atoms with van der Waals surface area (Å²) in [7, 11) is 0. The Morgan fingerprint density at radius 2 is 1.86 bits per heavy atom. The summed E-state index contributed by atoms with van der Waals surface area (Å²) in [4.78, 5) is 11.7. The van der Waals surface area contributed by atoms with Gasteiger partial charge in [0, 0.05) is 12.0 Å². The Balaban J connectivity index is 1.83. The molecule has 2 aromatic carbocycles. The summed E-state index contributed by atoms with van der Waals surface area (Å²) in [6.07, 6.45) is 2.54. The predicted octanol–water partition coefficient (Wildman–Crippen LogP) is 4.08. The zero-order chi connectivity index (χ0) is 15.1. The third-order valence-electron chi connectivity index (χ3n) is 2.86. The van der Waals surface area contributed by atoms with Crippen LogP contribution in [0.2, 0.25) is 10.0 Å². The maximum Gasteiger partial charge on any atom is 0.240 e. The Morgan fingerprint density at radius 1 is 1.10 bits per heavy atom. The van der Waals surface area contributed by atoms with Gasteiger partial charge in [0.15, 0.2) is 0 Å². The fraction of sp³-hybridized carbons (Fsp3) is 0.125. The van der Waals surface area contributed by atoms with Crippen molar-refractivity contribution in [1.29, 1.82) is 0 Å². The number of benzene rings is 2. The lowest BCUT2D eigenvalue weighted by atomic mass is 10.1. The van der Waals surface area contributed by atoms with Gasteiger partial charge in [-0.25, -0.2) is 5.43 Å². The van der Waals surface area contributed by atoms with Crippen molar-refractivity contribution in [3.8, 4) is 0 Å². The summed E-state index contributed by atoms with van der Waals surface area (Å²) >= 11 is 11.9. The molecule has 0 aromatic heterocycles. The van der Waals surface area contributed by atoms with Crippen LogP contribution in [-0.2, 0) is 11.2 Å². The first-order chi connectivity index (χ1) is 10.2. The van der Waals surface area contributed by atoms with Gasteiger partial charge >= 0.3 is 0 Å². The highest BCUT2D eigenvalue weighted by Crippen LogP contribution is 2.24. The molecule has 0 aliphatic rings. The summed E-state index contributed by atoms with van der Waals surface area (Å²) in [5, 5.41) is 4.76. The number of nitrogens with zero attached hydrogens (tertiary/aromatic N) is 1. The SMILES string of the molecule is O=C(CCc1ccccc1)N/N=C\c1cccc(Cl)c1Cl. The number of hydrogen-bond donors (Lipinski definition) is 1. The monoisotopic (exact) mass is 320 g/mol. The second-order valence-electron chi connectivity index (χ2n) is 4.42. The van der Waals surface area contributed by atoms with Crippen molar-refractivity contribution >= 4 is 35.3 Å². The molecule has 2 rings (SSSR count). The Hall–Kier alpha value is -1.84. The predicted molar refractivity (Wildman–Crippen MR) is 87.0 cm³/mol. The van der Waals surface area contributed by atoms with Crippen molar-refractivity contribution in [2.45, 2.75) is 12.8 Å². The Bertz CT molecular complexity index is 642. The minimum atomic E-state index is -0.145. The lowest BCUT2D eigenvalue weighted by Crippen LogP contribution is -2.17. The second kappa shape index (κ2) is 7.81. The molecule has 0 bridgehead atoms. The molecule has 108 valence electrons. The average molecular weight is 321 g/mol. The van der Waals surface area contributed by atoms with Gasteiger partial charge in [-0.1, -0.05) is 65.7 Å². The van der Waals surface area contributed by atoms with Gasteiger partial charge in [0.05, 0.1) is 16.3 Å². The fourth-order valence-corrected chi connectivity index (χ4v) is 2.11. The molecule has 0 radical (unpaired) electrons. The van der Waals surface area contributed by atoms with E-state index >= 15 is 0 Å². The summed E-state index contributed by atoms with van der Waals surface area (Å²) < 4.78 is 0. The second-order valence-corrected chi connectivity index (χ2v) is 5.21. The van der Waals surface area contributed by atoms with Crippen molar-refractivity contribution in [3.05, 3.63) is 69.7 Å². The van der Waals surface area contributed by atoms with Crippen LogP contribution in [0.4, 0.5) is 0 Å². The zero-order valence-electron chi connectivity index (χ0n) is 11.2. The van der Waals surface area contributed by atoms with Gasteiger partial charge in [-0.05, 0) is 18.1 Å². The highest BCUT2D eigenvalue weighted by molar-refractivity contribution is 6.43. The molecule has 0 unspecified atom stereocenters. The number of hydrogen-bond acceptors (Lipinski definition) is 2. The molecular weight excluding hydrogens is 307 g/mol. The van der Waals surface area contributed by atoms with Gasteiger partial charge in [0.25, 0.3) is 0 Å². The van der Waals surface area contributed by atoms with Crippen LogP contribution >= 0.6 is 23.2 Å². The molecule has 0 aliphatic heterocycles. The van der Waals surface area contributed by atoms with E-state index in [-0.39, 0.29) is 5.91 Å². The minimum absolute atomic E-state index is 0.145. The lowest BCUT2D eigenvalue weighted by Gasteiger charge is -2.02. The molecule has 0 spiro atoms. The minimum Gasteiger partial charge on any atom is -0.273 e. The number of carbonyl (C=O) groups is 1. The van der Waals surface area contributed by atoms with E-state index < -0.39 is 0 Å². The first kappa shape index (κ1) is 15.5. The van der Waals surface area contributed by atoms with Crippen molar-refractivity contribution < 1.29 is 4.79 Å². The molecule has 5 heteroatoms. The van der Waals surface area contributed by atoms with E-state index in [0.29, 0.717) is 28.5 Å². The van der Waals surface area contributed by atoms with Crippen molar-refractivity contribution in [3.63, 3.8) is 0 Å². The van der Waals surface area contributed by atoms with Crippen LogP contribution in [0.1, 0.15) is 17.5 Å². The standard InChI is InChI=1S/C16H14Cl2N2O/c17-14-8-4-7-13(16(14)18)11-19-20-15(21)10-9-12-5-2-1-3-6-12/h1-8,11H,9-10H2,(H,20,21)/b19-11-. The largest absolute Gasteiger partial charge is 0.273 e. The quantitative estimate of drug-likeness (QED) is 0.654. The van der Waals surface area contributed by atoms with E-state index in [4.69, 9.17) is 23.2 Å². The van der Waals surface area contributed by atoms with Crippen LogP contribution in [0.15, 0.2) is 53.6 Å². The van der Waals surface area contributed by atoms with Gasteiger partial charge < -0.3 is 0 Å². The smallest absolute Gasteiger partial charge is 0.240 e. The van der Waals surface area contributed by atoms with Gasteiger partial charge in [-0.2, -0.15) is 5.10 Å². The Morgan fingerprint density at radius 3 is 2.62 bits per heavy atom. The van der Waals surface area contributed by atoms with Crippen molar-refractivity contribution in [1.82, 2.24) is 5.43 Å². The molecule has 2 aromatic rings. The number of rotatable bonds is 5. The molecule has 0 atom stereocenters. The normalized spacial score (nSPS) is 10.8. The maximum absolute atomic E-state index is 11.7. The zero-order valence-corrected chi connectivity index (χ0v) is 12.7. The lowest BCUT2D eigenvalue weighted by molar-refractivity contribution is -0.121. The van der Waals surface area contributed by atoms with Gasteiger partial charge in [0.1, 0.15) is 0 Å².